The number of likely N-dealkylation sites (tertiary alicyclic amines) is 1. The van der Waals surface area contributed by atoms with E-state index in [0.29, 0.717) is 5.89 Å². The lowest BCUT2D eigenvalue weighted by Crippen LogP contribution is -2.25. The van der Waals surface area contributed by atoms with Gasteiger partial charge in [0.2, 0.25) is 5.89 Å². The number of halogens is 2. The molecule has 0 aliphatic carbocycles. The summed E-state index contributed by atoms with van der Waals surface area (Å²) in [6.45, 7) is 5.38. The van der Waals surface area contributed by atoms with Gasteiger partial charge in [-0.1, -0.05) is 0 Å². The quantitative estimate of drug-likeness (QED) is 0.942. The molecule has 1 N–H and O–H groups in total. The Morgan fingerprint density at radius 1 is 1.18 bits per heavy atom. The fraction of sp³-hybridized carbons (Fsp3) is 0.438. The summed E-state index contributed by atoms with van der Waals surface area (Å²) in [6.07, 6.45) is 1.71. The van der Waals surface area contributed by atoms with Crippen LogP contribution in [-0.2, 0) is 6.54 Å². The maximum Gasteiger partial charge on any atom is 0.226 e. The van der Waals surface area contributed by atoms with Crippen LogP contribution in [0, 0.1) is 17.7 Å². The SMILES string of the molecule is Cl.Fc1ccc(-c2nc(CN3C[C@H]4CNC[C@H]4C3)co2)cc1. The minimum atomic E-state index is -0.247. The molecule has 4 rings (SSSR count). The molecular formula is C16H19ClFN3O. The monoisotopic (exact) mass is 323 g/mol. The van der Waals surface area contributed by atoms with E-state index in [1.54, 1.807) is 18.4 Å². The van der Waals surface area contributed by atoms with Gasteiger partial charge in [0, 0.05) is 25.2 Å². The third-order valence-corrected chi connectivity index (χ3v) is 4.49. The van der Waals surface area contributed by atoms with Crippen molar-refractivity contribution in [3.05, 3.63) is 42.0 Å². The van der Waals surface area contributed by atoms with Crippen molar-refractivity contribution in [2.75, 3.05) is 26.2 Å². The average Bonchev–Trinajstić information content (AvgIpc) is 3.16. The van der Waals surface area contributed by atoms with E-state index in [4.69, 9.17) is 4.42 Å². The molecule has 0 unspecified atom stereocenters. The van der Waals surface area contributed by atoms with Crippen LogP contribution in [0.2, 0.25) is 0 Å². The van der Waals surface area contributed by atoms with Gasteiger partial charge in [-0.05, 0) is 49.2 Å². The summed E-state index contributed by atoms with van der Waals surface area (Å²) in [6, 6.07) is 6.23. The summed E-state index contributed by atoms with van der Waals surface area (Å²) >= 11 is 0. The van der Waals surface area contributed by atoms with Gasteiger partial charge in [0.15, 0.2) is 0 Å². The second kappa shape index (κ2) is 6.36. The lowest BCUT2D eigenvalue weighted by Gasteiger charge is -2.14. The van der Waals surface area contributed by atoms with Crippen LogP contribution in [0.4, 0.5) is 4.39 Å². The van der Waals surface area contributed by atoms with Crippen LogP contribution >= 0.6 is 12.4 Å². The van der Waals surface area contributed by atoms with E-state index in [0.717, 1.165) is 55.8 Å². The number of hydrogen-bond donors (Lipinski definition) is 1. The van der Waals surface area contributed by atoms with Crippen molar-refractivity contribution in [1.82, 2.24) is 15.2 Å². The Kier molecular flexibility index (Phi) is 4.47. The number of nitrogens with one attached hydrogen (secondary N) is 1. The fourth-order valence-electron chi connectivity index (χ4n) is 3.42. The molecule has 2 saturated heterocycles. The molecule has 0 saturated carbocycles. The van der Waals surface area contributed by atoms with Gasteiger partial charge in [-0.2, -0.15) is 0 Å². The van der Waals surface area contributed by atoms with Crippen LogP contribution in [-0.4, -0.2) is 36.1 Å². The van der Waals surface area contributed by atoms with E-state index in [9.17, 15) is 4.39 Å². The van der Waals surface area contributed by atoms with Crippen molar-refractivity contribution in [3.63, 3.8) is 0 Å². The van der Waals surface area contributed by atoms with Gasteiger partial charge < -0.3 is 9.73 Å². The zero-order valence-corrected chi connectivity index (χ0v) is 13.0. The first-order chi connectivity index (χ1) is 10.3. The highest BCUT2D eigenvalue weighted by molar-refractivity contribution is 5.85. The molecule has 3 heterocycles. The van der Waals surface area contributed by atoms with Crippen LogP contribution in [0.15, 0.2) is 34.9 Å². The molecule has 4 nitrogen and oxygen atoms in total. The van der Waals surface area contributed by atoms with Gasteiger partial charge in [-0.25, -0.2) is 9.37 Å². The molecule has 2 atom stereocenters. The Balaban J connectivity index is 0.00000144. The summed E-state index contributed by atoms with van der Waals surface area (Å²) in [5, 5.41) is 3.45. The van der Waals surface area contributed by atoms with Crippen molar-refractivity contribution in [2.45, 2.75) is 6.54 Å². The molecule has 0 bridgehead atoms. The molecule has 0 amide bonds. The lowest BCUT2D eigenvalue weighted by molar-refractivity contribution is 0.302. The van der Waals surface area contributed by atoms with Gasteiger partial charge in [-0.3, -0.25) is 4.90 Å². The van der Waals surface area contributed by atoms with Crippen LogP contribution in [0.25, 0.3) is 11.5 Å². The Morgan fingerprint density at radius 2 is 1.86 bits per heavy atom. The third-order valence-electron chi connectivity index (χ3n) is 4.49. The first kappa shape index (κ1) is 15.5. The number of nitrogens with zero attached hydrogens (tertiary/aromatic N) is 2. The smallest absolute Gasteiger partial charge is 0.226 e. The maximum atomic E-state index is 12.9. The zero-order valence-electron chi connectivity index (χ0n) is 12.2. The fourth-order valence-corrected chi connectivity index (χ4v) is 3.42. The first-order valence-corrected chi connectivity index (χ1v) is 7.41. The topological polar surface area (TPSA) is 41.3 Å². The highest BCUT2D eigenvalue weighted by atomic mass is 35.5. The second-order valence-electron chi connectivity index (χ2n) is 6.02. The largest absolute Gasteiger partial charge is 0.444 e. The van der Waals surface area contributed by atoms with Crippen molar-refractivity contribution < 1.29 is 8.81 Å². The highest BCUT2D eigenvalue weighted by Crippen LogP contribution is 2.28. The van der Waals surface area contributed by atoms with Gasteiger partial charge in [0.25, 0.3) is 0 Å². The number of benzene rings is 1. The minimum absolute atomic E-state index is 0. The molecule has 2 aliphatic heterocycles. The Morgan fingerprint density at radius 3 is 2.55 bits per heavy atom. The summed E-state index contributed by atoms with van der Waals surface area (Å²) in [4.78, 5) is 6.97. The number of fused-ring (bicyclic) bond motifs is 1. The third kappa shape index (κ3) is 3.02. The number of aromatic nitrogens is 1. The van der Waals surface area contributed by atoms with Gasteiger partial charge in [0.1, 0.15) is 12.1 Å². The number of oxazole rings is 1. The van der Waals surface area contributed by atoms with E-state index in [1.807, 2.05) is 0 Å². The zero-order chi connectivity index (χ0) is 14.2. The van der Waals surface area contributed by atoms with Gasteiger partial charge in [0.05, 0.1) is 5.69 Å². The molecule has 2 aromatic rings. The van der Waals surface area contributed by atoms with E-state index < -0.39 is 0 Å². The Labute approximate surface area is 135 Å². The lowest BCUT2D eigenvalue weighted by atomic mass is 10.0. The van der Waals surface area contributed by atoms with E-state index in [-0.39, 0.29) is 18.2 Å². The summed E-state index contributed by atoms with van der Waals surface area (Å²) in [5.41, 5.74) is 1.76. The van der Waals surface area contributed by atoms with Gasteiger partial charge >= 0.3 is 0 Å². The molecule has 6 heteroatoms. The first-order valence-electron chi connectivity index (χ1n) is 7.41. The average molecular weight is 324 g/mol. The molecule has 1 aromatic carbocycles. The number of rotatable bonds is 3. The molecule has 2 fully saturated rings. The molecule has 22 heavy (non-hydrogen) atoms. The Bertz CT molecular complexity index is 619. The van der Waals surface area contributed by atoms with E-state index in [2.05, 4.69) is 15.2 Å². The Hall–Kier alpha value is -1.43. The predicted octanol–water partition coefficient (Wildman–Crippen LogP) is 2.55. The van der Waals surface area contributed by atoms with Crippen molar-refractivity contribution in [2.24, 2.45) is 11.8 Å². The van der Waals surface area contributed by atoms with Crippen LogP contribution in [0.5, 0.6) is 0 Å². The standard InChI is InChI=1S/C16H18FN3O.ClH/c17-14-3-1-11(2-4-14)16-19-15(10-21-16)9-20-7-12-5-18-6-13(12)8-20;/h1-4,10,12-13,18H,5-9H2;1H/t12-,13+;. The van der Waals surface area contributed by atoms with Crippen LogP contribution in [0.3, 0.4) is 0 Å². The van der Waals surface area contributed by atoms with Crippen molar-refractivity contribution in [1.29, 1.82) is 0 Å². The van der Waals surface area contributed by atoms with Gasteiger partial charge in [-0.15, -0.1) is 12.4 Å². The molecule has 118 valence electrons. The minimum Gasteiger partial charge on any atom is -0.444 e. The molecule has 2 aliphatic rings. The van der Waals surface area contributed by atoms with Crippen LogP contribution < -0.4 is 5.32 Å². The van der Waals surface area contributed by atoms with Crippen molar-refractivity contribution in [3.8, 4) is 11.5 Å². The molecule has 0 spiro atoms. The molecule has 1 aromatic heterocycles. The van der Waals surface area contributed by atoms with Crippen LogP contribution in [0.1, 0.15) is 5.69 Å². The molecule has 0 radical (unpaired) electrons. The second-order valence-corrected chi connectivity index (χ2v) is 6.02. The normalized spacial score (nSPS) is 24.2. The number of hydrogen-bond acceptors (Lipinski definition) is 4. The highest BCUT2D eigenvalue weighted by Gasteiger charge is 2.36. The predicted molar refractivity (Wildman–Crippen MR) is 84.3 cm³/mol. The summed E-state index contributed by atoms with van der Waals surface area (Å²) in [5.74, 6) is 1.88. The molecular weight excluding hydrogens is 305 g/mol. The van der Waals surface area contributed by atoms with E-state index >= 15 is 0 Å². The summed E-state index contributed by atoms with van der Waals surface area (Å²) in [7, 11) is 0. The maximum absolute atomic E-state index is 12.9. The van der Waals surface area contributed by atoms with E-state index in [1.165, 1.54) is 12.1 Å². The summed E-state index contributed by atoms with van der Waals surface area (Å²) < 4.78 is 18.5. The van der Waals surface area contributed by atoms with Crippen molar-refractivity contribution >= 4 is 12.4 Å².